The Bertz CT molecular complexity index is 865. The van der Waals surface area contributed by atoms with Crippen LogP contribution in [0.1, 0.15) is 10.4 Å². The number of Topliss-reactive ketones (excluding diaryl/α,β-unsaturated/α-hetero) is 1. The van der Waals surface area contributed by atoms with Gasteiger partial charge in [0.05, 0.1) is 14.2 Å². The molecular formula is C20H18O4. The van der Waals surface area contributed by atoms with E-state index >= 15 is 0 Å². The van der Waals surface area contributed by atoms with Crippen molar-refractivity contribution in [2.75, 3.05) is 20.8 Å². The number of carbonyl (C=O) groups is 1. The summed E-state index contributed by atoms with van der Waals surface area (Å²) in [7, 11) is 3.10. The molecule has 122 valence electrons. The van der Waals surface area contributed by atoms with Crippen LogP contribution in [-0.4, -0.2) is 26.6 Å². The monoisotopic (exact) mass is 322 g/mol. The van der Waals surface area contributed by atoms with Crippen molar-refractivity contribution in [3.8, 4) is 17.2 Å². The second-order valence-corrected chi connectivity index (χ2v) is 5.26. The van der Waals surface area contributed by atoms with E-state index in [-0.39, 0.29) is 12.4 Å². The van der Waals surface area contributed by atoms with Crippen LogP contribution < -0.4 is 14.2 Å². The number of carbonyl (C=O) groups excluding carboxylic acids is 1. The minimum Gasteiger partial charge on any atom is -0.493 e. The van der Waals surface area contributed by atoms with Gasteiger partial charge in [0, 0.05) is 10.9 Å². The highest BCUT2D eigenvalue weighted by Crippen LogP contribution is 2.28. The molecule has 0 N–H and O–H groups in total. The van der Waals surface area contributed by atoms with Gasteiger partial charge in [-0.25, -0.2) is 0 Å². The molecule has 0 saturated carbocycles. The molecule has 0 bridgehead atoms. The van der Waals surface area contributed by atoms with Crippen LogP contribution in [-0.2, 0) is 0 Å². The molecule has 0 amide bonds. The third-order valence-electron chi connectivity index (χ3n) is 3.81. The molecule has 3 aromatic carbocycles. The minimum atomic E-state index is -0.121. The Morgan fingerprint density at radius 1 is 0.833 bits per heavy atom. The summed E-state index contributed by atoms with van der Waals surface area (Å²) in [6, 6.07) is 18.8. The average Bonchev–Trinajstić information content (AvgIpc) is 2.65. The molecular weight excluding hydrogens is 304 g/mol. The second kappa shape index (κ2) is 7.04. The lowest BCUT2D eigenvalue weighted by atomic mass is 10.1. The van der Waals surface area contributed by atoms with Crippen LogP contribution in [0, 0.1) is 0 Å². The molecule has 4 heteroatoms. The van der Waals surface area contributed by atoms with Crippen molar-refractivity contribution in [1.82, 2.24) is 0 Å². The number of fused-ring (bicyclic) bond motifs is 1. The lowest BCUT2D eigenvalue weighted by molar-refractivity contribution is 0.0922. The number of ketones is 1. The fraction of sp³-hybridized carbons (Fsp3) is 0.150. The number of hydrogen-bond donors (Lipinski definition) is 0. The Labute approximate surface area is 140 Å². The summed E-state index contributed by atoms with van der Waals surface area (Å²) in [5, 5.41) is 2.06. The Morgan fingerprint density at radius 2 is 1.58 bits per heavy atom. The van der Waals surface area contributed by atoms with Crippen LogP contribution in [0.2, 0.25) is 0 Å². The first kappa shape index (κ1) is 15.9. The van der Waals surface area contributed by atoms with Gasteiger partial charge in [-0.05, 0) is 29.7 Å². The van der Waals surface area contributed by atoms with Gasteiger partial charge >= 0.3 is 0 Å². The number of methoxy groups -OCH3 is 2. The first-order chi connectivity index (χ1) is 11.7. The van der Waals surface area contributed by atoms with Crippen LogP contribution in [0.5, 0.6) is 17.2 Å². The van der Waals surface area contributed by atoms with Crippen LogP contribution in [0.15, 0.2) is 60.7 Å². The normalized spacial score (nSPS) is 10.4. The van der Waals surface area contributed by atoms with Gasteiger partial charge in [0.2, 0.25) is 0 Å². The van der Waals surface area contributed by atoms with Gasteiger partial charge in [0.25, 0.3) is 0 Å². The number of rotatable bonds is 6. The van der Waals surface area contributed by atoms with Gasteiger partial charge in [-0.3, -0.25) is 4.79 Å². The van der Waals surface area contributed by atoms with Crippen LogP contribution in [0.25, 0.3) is 10.8 Å². The van der Waals surface area contributed by atoms with Gasteiger partial charge in [0.15, 0.2) is 23.9 Å². The Balaban J connectivity index is 1.78. The maximum atomic E-state index is 12.4. The zero-order valence-corrected chi connectivity index (χ0v) is 13.6. The molecule has 3 aromatic rings. The lowest BCUT2D eigenvalue weighted by Gasteiger charge is -2.11. The summed E-state index contributed by atoms with van der Waals surface area (Å²) in [6.45, 7) is -0.0382. The quantitative estimate of drug-likeness (QED) is 0.640. The van der Waals surface area contributed by atoms with E-state index in [9.17, 15) is 4.79 Å². The lowest BCUT2D eigenvalue weighted by Crippen LogP contribution is -2.12. The summed E-state index contributed by atoms with van der Waals surface area (Å²) < 4.78 is 16.2. The molecule has 0 unspecified atom stereocenters. The van der Waals surface area contributed by atoms with Crippen molar-refractivity contribution in [3.63, 3.8) is 0 Å². The van der Waals surface area contributed by atoms with E-state index in [1.54, 1.807) is 32.4 Å². The molecule has 3 rings (SSSR count). The largest absolute Gasteiger partial charge is 0.493 e. The summed E-state index contributed by atoms with van der Waals surface area (Å²) in [4.78, 5) is 12.4. The molecule has 0 radical (unpaired) electrons. The summed E-state index contributed by atoms with van der Waals surface area (Å²) in [6.07, 6.45) is 0. The summed E-state index contributed by atoms with van der Waals surface area (Å²) in [5.41, 5.74) is 0.521. The molecule has 0 spiro atoms. The summed E-state index contributed by atoms with van der Waals surface area (Å²) in [5.74, 6) is 1.68. The molecule has 0 saturated heterocycles. The van der Waals surface area contributed by atoms with E-state index in [1.165, 1.54) is 0 Å². The smallest absolute Gasteiger partial charge is 0.200 e. The van der Waals surface area contributed by atoms with Crippen LogP contribution >= 0.6 is 0 Å². The van der Waals surface area contributed by atoms with Crippen LogP contribution in [0.4, 0.5) is 0 Å². The molecule has 0 aliphatic carbocycles. The molecule has 0 heterocycles. The number of ether oxygens (including phenoxy) is 3. The van der Waals surface area contributed by atoms with E-state index in [0.717, 1.165) is 10.8 Å². The van der Waals surface area contributed by atoms with Crippen molar-refractivity contribution < 1.29 is 19.0 Å². The Hall–Kier alpha value is -3.01. The van der Waals surface area contributed by atoms with Crippen molar-refractivity contribution in [2.45, 2.75) is 0 Å². The third-order valence-corrected chi connectivity index (χ3v) is 3.81. The highest BCUT2D eigenvalue weighted by atomic mass is 16.5. The standard InChI is InChI=1S/C20H18O4/c1-22-19-11-10-15(12-20(19)23-2)17(21)13-24-18-9-5-7-14-6-3-4-8-16(14)18/h3-12H,13H2,1-2H3. The topological polar surface area (TPSA) is 44.8 Å². The second-order valence-electron chi connectivity index (χ2n) is 5.26. The number of hydrogen-bond acceptors (Lipinski definition) is 4. The average molecular weight is 322 g/mol. The highest BCUT2D eigenvalue weighted by molar-refractivity contribution is 5.98. The molecule has 0 atom stereocenters. The zero-order chi connectivity index (χ0) is 16.9. The van der Waals surface area contributed by atoms with E-state index in [4.69, 9.17) is 14.2 Å². The maximum absolute atomic E-state index is 12.4. The zero-order valence-electron chi connectivity index (χ0n) is 13.6. The molecule has 24 heavy (non-hydrogen) atoms. The predicted octanol–water partition coefficient (Wildman–Crippen LogP) is 4.12. The van der Waals surface area contributed by atoms with E-state index in [0.29, 0.717) is 22.8 Å². The third kappa shape index (κ3) is 3.18. The number of benzene rings is 3. The van der Waals surface area contributed by atoms with E-state index < -0.39 is 0 Å². The first-order valence-corrected chi connectivity index (χ1v) is 7.58. The van der Waals surface area contributed by atoms with Crippen molar-refractivity contribution >= 4 is 16.6 Å². The first-order valence-electron chi connectivity index (χ1n) is 7.58. The fourth-order valence-corrected chi connectivity index (χ4v) is 2.56. The Morgan fingerprint density at radius 3 is 2.38 bits per heavy atom. The van der Waals surface area contributed by atoms with Crippen molar-refractivity contribution in [3.05, 3.63) is 66.2 Å². The summed E-state index contributed by atoms with van der Waals surface area (Å²) >= 11 is 0. The predicted molar refractivity (Wildman–Crippen MR) is 93.3 cm³/mol. The molecule has 0 fully saturated rings. The van der Waals surface area contributed by atoms with Gasteiger partial charge < -0.3 is 14.2 Å². The van der Waals surface area contributed by atoms with Gasteiger partial charge in [-0.2, -0.15) is 0 Å². The molecule has 0 aliphatic rings. The maximum Gasteiger partial charge on any atom is 0.200 e. The van der Waals surface area contributed by atoms with Crippen molar-refractivity contribution in [2.24, 2.45) is 0 Å². The molecule has 4 nitrogen and oxygen atoms in total. The Kier molecular flexibility index (Phi) is 4.66. The van der Waals surface area contributed by atoms with E-state index in [2.05, 4.69) is 0 Å². The minimum absolute atomic E-state index is 0.0382. The molecule has 0 aliphatic heterocycles. The van der Waals surface area contributed by atoms with Gasteiger partial charge in [-0.1, -0.05) is 36.4 Å². The van der Waals surface area contributed by atoms with Crippen molar-refractivity contribution in [1.29, 1.82) is 0 Å². The highest BCUT2D eigenvalue weighted by Gasteiger charge is 2.12. The fourth-order valence-electron chi connectivity index (χ4n) is 2.56. The van der Waals surface area contributed by atoms with E-state index in [1.807, 2.05) is 42.5 Å². The molecule has 0 aromatic heterocycles. The van der Waals surface area contributed by atoms with Crippen LogP contribution in [0.3, 0.4) is 0 Å². The van der Waals surface area contributed by atoms with Gasteiger partial charge in [-0.15, -0.1) is 0 Å². The van der Waals surface area contributed by atoms with Gasteiger partial charge in [0.1, 0.15) is 5.75 Å². The SMILES string of the molecule is COc1ccc(C(=O)COc2cccc3ccccc23)cc1OC.